The van der Waals surface area contributed by atoms with E-state index in [4.69, 9.17) is 16.1 Å². The number of halogens is 1. The molecule has 27 heavy (non-hydrogen) atoms. The maximum Gasteiger partial charge on any atom is 0.228 e. The van der Waals surface area contributed by atoms with Crippen LogP contribution in [0.1, 0.15) is 43.2 Å². The van der Waals surface area contributed by atoms with Crippen molar-refractivity contribution >= 4 is 11.6 Å². The van der Waals surface area contributed by atoms with Crippen LogP contribution in [0.3, 0.4) is 0 Å². The second-order valence-electron chi connectivity index (χ2n) is 6.88. The van der Waals surface area contributed by atoms with Crippen molar-refractivity contribution < 1.29 is 4.52 Å². The third-order valence-electron chi connectivity index (χ3n) is 5.05. The molecule has 0 spiro atoms. The fourth-order valence-electron chi connectivity index (χ4n) is 3.39. The lowest BCUT2D eigenvalue weighted by Crippen LogP contribution is -2.34. The Balaban J connectivity index is 1.27. The number of aryl methyl sites for hydroxylation is 1. The predicted molar refractivity (Wildman–Crippen MR) is 103 cm³/mol. The number of aromatic amines is 1. The summed E-state index contributed by atoms with van der Waals surface area (Å²) in [6.07, 6.45) is 3.82. The number of benzene rings is 1. The summed E-state index contributed by atoms with van der Waals surface area (Å²) in [6.45, 7) is 5.09. The van der Waals surface area contributed by atoms with Gasteiger partial charge in [-0.1, -0.05) is 23.7 Å². The van der Waals surface area contributed by atoms with Gasteiger partial charge >= 0.3 is 0 Å². The molecule has 0 unspecified atom stereocenters. The molecule has 1 aliphatic heterocycles. The summed E-state index contributed by atoms with van der Waals surface area (Å²) in [5.74, 6) is 3.68. The van der Waals surface area contributed by atoms with Gasteiger partial charge in [0.05, 0.1) is 0 Å². The van der Waals surface area contributed by atoms with Crippen LogP contribution < -0.4 is 0 Å². The highest BCUT2D eigenvalue weighted by molar-refractivity contribution is 6.30. The first kappa shape index (κ1) is 18.1. The molecule has 3 aromatic rings. The molecule has 0 bridgehead atoms. The average Bonchev–Trinajstić information content (AvgIpc) is 3.37. The van der Waals surface area contributed by atoms with Crippen LogP contribution in [-0.2, 0) is 12.8 Å². The molecule has 3 heterocycles. The smallest absolute Gasteiger partial charge is 0.228 e. The topological polar surface area (TPSA) is 83.7 Å². The summed E-state index contributed by atoms with van der Waals surface area (Å²) in [7, 11) is 0. The Hall–Kier alpha value is -2.25. The normalized spacial score (nSPS) is 16.1. The van der Waals surface area contributed by atoms with E-state index in [1.54, 1.807) is 0 Å². The summed E-state index contributed by atoms with van der Waals surface area (Å²) in [6, 6.07) is 7.45. The highest BCUT2D eigenvalue weighted by Crippen LogP contribution is 2.25. The number of H-pyrrole nitrogens is 1. The highest BCUT2D eigenvalue weighted by Gasteiger charge is 2.24. The number of aromatic nitrogens is 5. The second kappa shape index (κ2) is 8.19. The molecule has 7 nitrogen and oxygen atoms in total. The Morgan fingerprint density at radius 1 is 1.19 bits per heavy atom. The van der Waals surface area contributed by atoms with E-state index in [0.29, 0.717) is 22.7 Å². The molecule has 0 amide bonds. The van der Waals surface area contributed by atoms with E-state index in [9.17, 15) is 0 Å². The molecule has 1 saturated heterocycles. The van der Waals surface area contributed by atoms with E-state index in [1.165, 1.54) is 0 Å². The highest BCUT2D eigenvalue weighted by atomic mass is 35.5. The Morgan fingerprint density at radius 2 is 1.96 bits per heavy atom. The van der Waals surface area contributed by atoms with Gasteiger partial charge in [0.1, 0.15) is 5.82 Å². The van der Waals surface area contributed by atoms with Crippen molar-refractivity contribution in [3.63, 3.8) is 0 Å². The number of hydrogen-bond donors (Lipinski definition) is 1. The molecule has 0 radical (unpaired) electrons. The quantitative estimate of drug-likeness (QED) is 0.698. The van der Waals surface area contributed by atoms with Gasteiger partial charge in [-0.05, 0) is 50.2 Å². The summed E-state index contributed by atoms with van der Waals surface area (Å²) in [5.41, 5.74) is 0.910. The third-order valence-corrected chi connectivity index (χ3v) is 5.30. The molecular weight excluding hydrogens is 364 g/mol. The van der Waals surface area contributed by atoms with Crippen LogP contribution in [0.25, 0.3) is 11.4 Å². The molecule has 142 valence electrons. The molecular formula is C19H23ClN6O. The molecule has 0 saturated carbocycles. The lowest BCUT2D eigenvalue weighted by molar-refractivity contribution is 0.205. The summed E-state index contributed by atoms with van der Waals surface area (Å²) >= 11 is 5.92. The van der Waals surface area contributed by atoms with Crippen molar-refractivity contribution in [2.75, 3.05) is 19.6 Å². The van der Waals surface area contributed by atoms with Crippen LogP contribution >= 0.6 is 11.6 Å². The van der Waals surface area contributed by atoms with Crippen molar-refractivity contribution in [1.29, 1.82) is 0 Å². The van der Waals surface area contributed by atoms with Gasteiger partial charge in [-0.2, -0.15) is 10.1 Å². The number of likely N-dealkylation sites (tertiary alicyclic amines) is 1. The van der Waals surface area contributed by atoms with Gasteiger partial charge in [-0.15, -0.1) is 0 Å². The van der Waals surface area contributed by atoms with Crippen LogP contribution in [-0.4, -0.2) is 49.9 Å². The van der Waals surface area contributed by atoms with Crippen LogP contribution in [0, 0.1) is 0 Å². The molecule has 8 heteroatoms. The zero-order chi connectivity index (χ0) is 18.6. The van der Waals surface area contributed by atoms with Gasteiger partial charge in [0.25, 0.3) is 0 Å². The number of piperidine rings is 1. The fourth-order valence-corrected chi connectivity index (χ4v) is 3.52. The summed E-state index contributed by atoms with van der Waals surface area (Å²) in [4.78, 5) is 11.5. The first-order valence-corrected chi connectivity index (χ1v) is 9.81. The van der Waals surface area contributed by atoms with E-state index >= 15 is 0 Å². The van der Waals surface area contributed by atoms with E-state index in [0.717, 1.165) is 62.5 Å². The minimum absolute atomic E-state index is 0.456. The zero-order valence-electron chi connectivity index (χ0n) is 15.4. The molecule has 1 aromatic carbocycles. The number of nitrogens with zero attached hydrogens (tertiary/aromatic N) is 5. The van der Waals surface area contributed by atoms with Crippen molar-refractivity contribution in [1.82, 2.24) is 30.2 Å². The molecule has 2 aromatic heterocycles. The monoisotopic (exact) mass is 386 g/mol. The first-order chi connectivity index (χ1) is 13.2. The second-order valence-corrected chi connectivity index (χ2v) is 7.31. The van der Waals surface area contributed by atoms with Crippen molar-refractivity contribution in [3.05, 3.63) is 46.8 Å². The Labute approximate surface area is 163 Å². The van der Waals surface area contributed by atoms with Gasteiger partial charge < -0.3 is 9.42 Å². The minimum atomic E-state index is 0.456. The minimum Gasteiger partial charge on any atom is -0.339 e. The van der Waals surface area contributed by atoms with Crippen molar-refractivity contribution in [3.8, 4) is 11.4 Å². The summed E-state index contributed by atoms with van der Waals surface area (Å²) < 4.78 is 5.40. The van der Waals surface area contributed by atoms with E-state index in [-0.39, 0.29) is 0 Å². The molecule has 1 aliphatic rings. The molecule has 0 aliphatic carbocycles. The molecule has 0 atom stereocenters. The first-order valence-electron chi connectivity index (χ1n) is 9.43. The maximum absolute atomic E-state index is 5.92. The van der Waals surface area contributed by atoms with Crippen LogP contribution in [0.5, 0.6) is 0 Å². The van der Waals surface area contributed by atoms with Crippen LogP contribution in [0.15, 0.2) is 28.8 Å². The van der Waals surface area contributed by atoms with E-state index < -0.39 is 0 Å². The Morgan fingerprint density at radius 3 is 2.67 bits per heavy atom. The fraction of sp³-hybridized carbons (Fsp3) is 0.474. The van der Waals surface area contributed by atoms with Gasteiger partial charge in [0.2, 0.25) is 11.7 Å². The number of nitrogens with one attached hydrogen (secondary N) is 1. The van der Waals surface area contributed by atoms with Gasteiger partial charge in [0.15, 0.2) is 5.82 Å². The van der Waals surface area contributed by atoms with Crippen LogP contribution in [0.2, 0.25) is 5.02 Å². The maximum atomic E-state index is 5.92. The number of rotatable bonds is 6. The molecule has 1 fully saturated rings. The van der Waals surface area contributed by atoms with Gasteiger partial charge in [-0.25, -0.2) is 4.98 Å². The lowest BCUT2D eigenvalue weighted by Gasteiger charge is -2.30. The Bertz CT molecular complexity index is 866. The largest absolute Gasteiger partial charge is 0.339 e. The van der Waals surface area contributed by atoms with Gasteiger partial charge in [-0.3, -0.25) is 5.10 Å². The van der Waals surface area contributed by atoms with Crippen LogP contribution in [0.4, 0.5) is 0 Å². The number of hydrogen-bond acceptors (Lipinski definition) is 6. The molecule has 1 N–H and O–H groups in total. The van der Waals surface area contributed by atoms with E-state index in [1.807, 2.05) is 24.3 Å². The predicted octanol–water partition coefficient (Wildman–Crippen LogP) is 3.49. The van der Waals surface area contributed by atoms with Crippen molar-refractivity contribution in [2.24, 2.45) is 0 Å². The van der Waals surface area contributed by atoms with Crippen molar-refractivity contribution in [2.45, 2.75) is 38.5 Å². The third kappa shape index (κ3) is 4.36. The van der Waals surface area contributed by atoms with Gasteiger partial charge in [0, 0.05) is 35.9 Å². The standard InChI is InChI=1S/C19H23ClN6O/c1-2-16-21-18(24-23-16)14-7-10-26(11-8-14)12-9-17-22-19(25-27-17)13-3-5-15(20)6-4-13/h3-6,14H,2,7-12H2,1H3,(H,21,23,24). The zero-order valence-corrected chi connectivity index (χ0v) is 16.1. The average molecular weight is 387 g/mol. The lowest BCUT2D eigenvalue weighted by atomic mass is 9.96. The molecule has 4 rings (SSSR count). The van der Waals surface area contributed by atoms with E-state index in [2.05, 4.69) is 37.1 Å². The Kier molecular flexibility index (Phi) is 5.50. The summed E-state index contributed by atoms with van der Waals surface area (Å²) in [5, 5.41) is 12.2. The SMILES string of the molecule is CCc1nc(C2CCN(CCc3nc(-c4ccc(Cl)cc4)no3)CC2)n[nH]1.